The van der Waals surface area contributed by atoms with Gasteiger partial charge in [0.2, 0.25) is 12.4 Å². The Morgan fingerprint density at radius 3 is 2.11 bits per heavy atom. The molecule has 0 saturated carbocycles. The summed E-state index contributed by atoms with van der Waals surface area (Å²) in [6, 6.07) is 12.6. The number of benzene rings is 1. The molecule has 1 aromatic heterocycles. The van der Waals surface area contributed by atoms with Crippen LogP contribution >= 0.6 is 0 Å². The molecule has 0 N–H and O–H groups in total. The van der Waals surface area contributed by atoms with Crippen molar-refractivity contribution in [2.24, 2.45) is 0 Å². The highest BCUT2D eigenvalue weighted by molar-refractivity contribution is 5.52. The average Bonchev–Trinajstić information content (AvgIpc) is 2.74. The Morgan fingerprint density at radius 2 is 1.44 bits per heavy atom. The lowest BCUT2D eigenvalue weighted by atomic mass is 10.2. The maximum Gasteiger partial charge on any atom is 0.227 e. The van der Waals surface area contributed by atoms with Crippen LogP contribution in [0.3, 0.4) is 0 Å². The number of aromatic nitrogens is 2. The van der Waals surface area contributed by atoms with E-state index in [1.165, 1.54) is 5.69 Å². The van der Waals surface area contributed by atoms with Crippen molar-refractivity contribution < 1.29 is 4.79 Å². The van der Waals surface area contributed by atoms with Gasteiger partial charge in [0, 0.05) is 69.8 Å². The number of hydrogen-bond acceptors (Lipinski definition) is 6. The van der Waals surface area contributed by atoms with Gasteiger partial charge < -0.3 is 19.6 Å². The van der Waals surface area contributed by atoms with Crippen LogP contribution < -0.4 is 14.7 Å². The van der Waals surface area contributed by atoms with E-state index in [4.69, 9.17) is 4.98 Å². The van der Waals surface area contributed by atoms with Gasteiger partial charge in [0.05, 0.1) is 0 Å². The number of carbonyl (C=O) groups excluding carboxylic acids is 1. The Morgan fingerprint density at radius 1 is 0.815 bits per heavy atom. The highest BCUT2D eigenvalue weighted by Crippen LogP contribution is 2.22. The van der Waals surface area contributed by atoms with Gasteiger partial charge in [-0.3, -0.25) is 4.79 Å². The standard InChI is InChI=1S/C20H26N6O/c1-17-15-19(22-20(21-17)26-9-7-23(16-27)8-10-26)25-13-11-24(12-14-25)18-5-3-2-4-6-18/h2-6,15-16H,7-14H2,1H3. The fourth-order valence-electron chi connectivity index (χ4n) is 3.70. The molecule has 4 rings (SSSR count). The third-order valence-electron chi connectivity index (χ3n) is 5.30. The molecule has 0 bridgehead atoms. The summed E-state index contributed by atoms with van der Waals surface area (Å²) in [5.41, 5.74) is 2.27. The molecule has 3 heterocycles. The molecule has 0 unspecified atom stereocenters. The molecule has 7 heteroatoms. The second-order valence-electron chi connectivity index (χ2n) is 7.11. The molecule has 0 spiro atoms. The third kappa shape index (κ3) is 3.97. The Balaban J connectivity index is 1.44. The van der Waals surface area contributed by atoms with Gasteiger partial charge in [-0.05, 0) is 19.1 Å². The van der Waals surface area contributed by atoms with E-state index in [1.807, 2.05) is 6.92 Å². The second-order valence-corrected chi connectivity index (χ2v) is 7.11. The number of anilines is 3. The molecule has 2 aliphatic heterocycles. The van der Waals surface area contributed by atoms with Crippen LogP contribution in [0, 0.1) is 6.92 Å². The summed E-state index contributed by atoms with van der Waals surface area (Å²) in [7, 11) is 0. The van der Waals surface area contributed by atoms with E-state index in [1.54, 1.807) is 4.90 Å². The first-order valence-corrected chi connectivity index (χ1v) is 9.58. The van der Waals surface area contributed by atoms with Crippen LogP contribution in [0.25, 0.3) is 0 Å². The zero-order valence-corrected chi connectivity index (χ0v) is 15.8. The SMILES string of the molecule is Cc1cc(N2CCN(c3ccccc3)CC2)nc(N2CCN(C=O)CC2)n1. The summed E-state index contributed by atoms with van der Waals surface area (Å²) in [5, 5.41) is 0. The highest BCUT2D eigenvalue weighted by Gasteiger charge is 2.22. The predicted octanol–water partition coefficient (Wildman–Crippen LogP) is 1.39. The second kappa shape index (κ2) is 7.82. The number of nitrogens with zero attached hydrogens (tertiary/aromatic N) is 6. The monoisotopic (exact) mass is 366 g/mol. The number of aryl methyl sites for hydroxylation is 1. The van der Waals surface area contributed by atoms with Gasteiger partial charge >= 0.3 is 0 Å². The smallest absolute Gasteiger partial charge is 0.227 e. The van der Waals surface area contributed by atoms with Crippen LogP contribution in [-0.4, -0.2) is 73.6 Å². The molecule has 0 radical (unpaired) electrons. The summed E-state index contributed by atoms with van der Waals surface area (Å²) < 4.78 is 0. The lowest BCUT2D eigenvalue weighted by molar-refractivity contribution is -0.118. The molecular weight excluding hydrogens is 340 g/mol. The van der Waals surface area contributed by atoms with Crippen LogP contribution in [0.1, 0.15) is 5.69 Å². The van der Waals surface area contributed by atoms with E-state index in [0.717, 1.165) is 76.2 Å². The lowest BCUT2D eigenvalue weighted by Gasteiger charge is -2.37. The normalized spacial score (nSPS) is 18.0. The third-order valence-corrected chi connectivity index (χ3v) is 5.30. The van der Waals surface area contributed by atoms with E-state index in [0.29, 0.717) is 0 Å². The van der Waals surface area contributed by atoms with Gasteiger partial charge in [0.25, 0.3) is 0 Å². The minimum atomic E-state index is 0.728. The van der Waals surface area contributed by atoms with Gasteiger partial charge in [-0.25, -0.2) is 4.98 Å². The Kier molecular flexibility index (Phi) is 5.09. The number of amides is 1. The molecule has 1 aromatic carbocycles. The quantitative estimate of drug-likeness (QED) is 0.763. The largest absolute Gasteiger partial charge is 0.368 e. The van der Waals surface area contributed by atoms with Gasteiger partial charge in [0.15, 0.2) is 0 Å². The molecule has 2 saturated heterocycles. The van der Waals surface area contributed by atoms with Crippen molar-refractivity contribution in [1.82, 2.24) is 14.9 Å². The van der Waals surface area contributed by atoms with E-state index >= 15 is 0 Å². The molecule has 2 fully saturated rings. The van der Waals surface area contributed by atoms with Crippen molar-refractivity contribution in [2.75, 3.05) is 67.1 Å². The molecule has 27 heavy (non-hydrogen) atoms. The average molecular weight is 366 g/mol. The fraction of sp³-hybridized carbons (Fsp3) is 0.450. The van der Waals surface area contributed by atoms with E-state index in [2.05, 4.69) is 56.1 Å². The Hall–Kier alpha value is -2.83. The number of para-hydroxylation sites is 1. The predicted molar refractivity (Wildman–Crippen MR) is 107 cm³/mol. The lowest BCUT2D eigenvalue weighted by Crippen LogP contribution is -2.48. The van der Waals surface area contributed by atoms with Crippen molar-refractivity contribution >= 4 is 23.9 Å². The van der Waals surface area contributed by atoms with Gasteiger partial charge in [-0.1, -0.05) is 18.2 Å². The molecular formula is C20H26N6O. The van der Waals surface area contributed by atoms with Crippen LogP contribution in [0.4, 0.5) is 17.5 Å². The summed E-state index contributed by atoms with van der Waals surface area (Å²) in [5.74, 6) is 1.78. The van der Waals surface area contributed by atoms with Gasteiger partial charge in [-0.15, -0.1) is 0 Å². The summed E-state index contributed by atoms with van der Waals surface area (Å²) in [4.78, 5) is 29.1. The topological polar surface area (TPSA) is 55.8 Å². The van der Waals surface area contributed by atoms with Crippen molar-refractivity contribution in [3.8, 4) is 0 Å². The molecule has 1 amide bonds. The number of rotatable bonds is 4. The maximum atomic E-state index is 10.9. The number of piperazine rings is 2. The number of hydrogen-bond donors (Lipinski definition) is 0. The molecule has 7 nitrogen and oxygen atoms in total. The van der Waals surface area contributed by atoms with Crippen LogP contribution in [0.5, 0.6) is 0 Å². The minimum Gasteiger partial charge on any atom is -0.368 e. The summed E-state index contributed by atoms with van der Waals surface area (Å²) in [6.07, 6.45) is 0.923. The molecule has 0 atom stereocenters. The molecule has 2 aromatic rings. The minimum absolute atomic E-state index is 0.728. The molecule has 0 aliphatic carbocycles. The fourth-order valence-corrected chi connectivity index (χ4v) is 3.70. The highest BCUT2D eigenvalue weighted by atomic mass is 16.1. The zero-order valence-electron chi connectivity index (χ0n) is 15.8. The van der Waals surface area contributed by atoms with Crippen molar-refractivity contribution in [3.63, 3.8) is 0 Å². The number of carbonyl (C=O) groups is 1. The maximum absolute atomic E-state index is 10.9. The van der Waals surface area contributed by atoms with Crippen molar-refractivity contribution in [1.29, 1.82) is 0 Å². The summed E-state index contributed by atoms with van der Waals surface area (Å²) in [6.45, 7) is 8.91. The van der Waals surface area contributed by atoms with Gasteiger partial charge in [0.1, 0.15) is 5.82 Å². The first-order chi connectivity index (χ1) is 13.2. The van der Waals surface area contributed by atoms with Crippen LogP contribution in [0.2, 0.25) is 0 Å². The Bertz CT molecular complexity index is 767. The van der Waals surface area contributed by atoms with Crippen LogP contribution in [0.15, 0.2) is 36.4 Å². The first kappa shape index (κ1) is 17.6. The van der Waals surface area contributed by atoms with Gasteiger partial charge in [-0.2, -0.15) is 4.98 Å². The molecule has 142 valence electrons. The van der Waals surface area contributed by atoms with Crippen LogP contribution in [-0.2, 0) is 4.79 Å². The Labute approximate surface area is 160 Å². The summed E-state index contributed by atoms with van der Waals surface area (Å²) >= 11 is 0. The van der Waals surface area contributed by atoms with Crippen molar-refractivity contribution in [2.45, 2.75) is 6.92 Å². The zero-order chi connectivity index (χ0) is 18.6. The molecule has 2 aliphatic rings. The first-order valence-electron chi connectivity index (χ1n) is 9.58. The van der Waals surface area contributed by atoms with E-state index in [9.17, 15) is 4.79 Å². The van der Waals surface area contributed by atoms with E-state index in [-0.39, 0.29) is 0 Å². The van der Waals surface area contributed by atoms with E-state index < -0.39 is 0 Å². The van der Waals surface area contributed by atoms with Crippen molar-refractivity contribution in [3.05, 3.63) is 42.1 Å².